The number of hydrogen-bond acceptors (Lipinski definition) is 2. The summed E-state index contributed by atoms with van der Waals surface area (Å²) in [7, 11) is 0. The van der Waals surface area contributed by atoms with Crippen molar-refractivity contribution >= 4 is 18.3 Å². The summed E-state index contributed by atoms with van der Waals surface area (Å²) in [6.07, 6.45) is -3.76. The summed E-state index contributed by atoms with van der Waals surface area (Å²) in [4.78, 5) is 12.3. The van der Waals surface area contributed by atoms with Crippen LogP contribution in [-0.4, -0.2) is 5.91 Å². The number of hydrogen-bond donors (Lipinski definition) is 2. The molecule has 2 aromatic carbocycles. The lowest BCUT2D eigenvalue weighted by atomic mass is 10.0. The number of alkyl halides is 3. The van der Waals surface area contributed by atoms with Crippen molar-refractivity contribution in [1.82, 2.24) is 10.6 Å². The van der Waals surface area contributed by atoms with Crippen molar-refractivity contribution in [3.05, 3.63) is 70.3 Å². The van der Waals surface area contributed by atoms with E-state index in [4.69, 9.17) is 0 Å². The molecular weight excluding hydrogens is 377 g/mol. The lowest BCUT2D eigenvalue weighted by Gasteiger charge is -2.09. The lowest BCUT2D eigenvalue weighted by molar-refractivity contribution is -0.137. The number of carbonyl (C=O) groups is 1. The van der Waals surface area contributed by atoms with E-state index in [0.717, 1.165) is 30.8 Å². The fraction of sp³-hybridized carbons (Fsp3) is 0.350. The van der Waals surface area contributed by atoms with Gasteiger partial charge in [0.2, 0.25) is 5.91 Å². The molecule has 3 nitrogen and oxygen atoms in total. The maximum atomic E-state index is 12.8. The average Bonchev–Trinajstić information content (AvgIpc) is 3.29. The molecule has 1 amide bonds. The van der Waals surface area contributed by atoms with Gasteiger partial charge in [0.25, 0.3) is 0 Å². The number of amides is 1. The Morgan fingerprint density at radius 1 is 1.11 bits per heavy atom. The third kappa shape index (κ3) is 4.28. The molecule has 27 heavy (non-hydrogen) atoms. The van der Waals surface area contributed by atoms with E-state index in [1.165, 1.54) is 17.2 Å². The van der Waals surface area contributed by atoms with Gasteiger partial charge in [-0.3, -0.25) is 4.79 Å². The fourth-order valence-electron chi connectivity index (χ4n) is 3.58. The highest BCUT2D eigenvalue weighted by Gasteiger charge is 2.44. The number of fused-ring (bicyclic) bond motifs is 1. The van der Waals surface area contributed by atoms with E-state index in [1.807, 2.05) is 6.07 Å². The minimum Gasteiger partial charge on any atom is -0.352 e. The van der Waals surface area contributed by atoms with Gasteiger partial charge < -0.3 is 10.6 Å². The molecule has 1 saturated carbocycles. The molecule has 1 aliphatic heterocycles. The Balaban J connectivity index is 0.00000210. The predicted molar refractivity (Wildman–Crippen MR) is 98.4 cm³/mol. The minimum absolute atomic E-state index is 0. The van der Waals surface area contributed by atoms with Gasteiger partial charge in [0, 0.05) is 25.6 Å². The van der Waals surface area contributed by atoms with E-state index in [9.17, 15) is 18.0 Å². The fourth-order valence-corrected chi connectivity index (χ4v) is 3.58. The second-order valence-corrected chi connectivity index (χ2v) is 7.00. The van der Waals surface area contributed by atoms with Gasteiger partial charge in [-0.25, -0.2) is 0 Å². The quantitative estimate of drug-likeness (QED) is 0.815. The number of rotatable bonds is 4. The first-order valence-electron chi connectivity index (χ1n) is 8.68. The molecule has 4 rings (SSSR count). The molecule has 0 spiro atoms. The van der Waals surface area contributed by atoms with Gasteiger partial charge in [-0.2, -0.15) is 13.2 Å². The molecule has 1 heterocycles. The smallest absolute Gasteiger partial charge is 0.352 e. The first-order chi connectivity index (χ1) is 12.4. The zero-order chi connectivity index (χ0) is 18.3. The lowest BCUT2D eigenvalue weighted by Crippen LogP contribution is -2.25. The summed E-state index contributed by atoms with van der Waals surface area (Å²) in [5.41, 5.74) is 3.50. The van der Waals surface area contributed by atoms with Crippen molar-refractivity contribution in [2.24, 2.45) is 5.92 Å². The molecule has 0 bridgehead atoms. The number of nitrogens with one attached hydrogen (secondary N) is 2. The van der Waals surface area contributed by atoms with Crippen molar-refractivity contribution in [3.8, 4) is 0 Å². The third-order valence-corrected chi connectivity index (χ3v) is 5.14. The van der Waals surface area contributed by atoms with Crippen molar-refractivity contribution in [2.75, 3.05) is 0 Å². The van der Waals surface area contributed by atoms with Crippen LogP contribution in [0, 0.1) is 5.92 Å². The van der Waals surface area contributed by atoms with Gasteiger partial charge >= 0.3 is 6.18 Å². The molecule has 0 radical (unpaired) electrons. The van der Waals surface area contributed by atoms with Gasteiger partial charge in [0.1, 0.15) is 0 Å². The molecular formula is C20H20ClF3N2O. The van der Waals surface area contributed by atoms with E-state index < -0.39 is 11.7 Å². The maximum Gasteiger partial charge on any atom is 0.416 e. The average molecular weight is 397 g/mol. The summed E-state index contributed by atoms with van der Waals surface area (Å²) in [5.74, 6) is -0.456. The predicted octanol–water partition coefficient (Wildman–Crippen LogP) is 4.15. The van der Waals surface area contributed by atoms with Crippen LogP contribution in [0.5, 0.6) is 0 Å². The molecule has 144 valence electrons. The summed E-state index contributed by atoms with van der Waals surface area (Å²) in [6.45, 7) is 2.16. The molecule has 0 saturated heterocycles. The first-order valence-corrected chi connectivity index (χ1v) is 8.68. The van der Waals surface area contributed by atoms with Crippen molar-refractivity contribution in [3.63, 3.8) is 0 Å². The Kier molecular flexibility index (Phi) is 5.49. The molecule has 0 aromatic heterocycles. The summed E-state index contributed by atoms with van der Waals surface area (Å²) < 4.78 is 38.5. The molecule has 1 fully saturated rings. The van der Waals surface area contributed by atoms with E-state index in [0.29, 0.717) is 18.5 Å². The van der Waals surface area contributed by atoms with Crippen LogP contribution in [0.3, 0.4) is 0 Å². The van der Waals surface area contributed by atoms with Crippen molar-refractivity contribution in [1.29, 1.82) is 0 Å². The SMILES string of the molecule is Cl.O=C(NCc1ccc2c(c1)CNC2)C1CC1c1cccc(C(F)(F)F)c1. The van der Waals surface area contributed by atoms with Gasteiger partial charge in [-0.1, -0.05) is 36.4 Å². The standard InChI is InChI=1S/C20H19F3N2O.ClH/c21-20(22,23)16-3-1-2-13(7-16)17-8-18(17)19(26)25-9-12-4-5-14-10-24-11-15(14)6-12;/h1-7,17-18,24H,8-11H2,(H,25,26);1H. The highest BCUT2D eigenvalue weighted by atomic mass is 35.5. The van der Waals surface area contributed by atoms with Crippen LogP contribution in [0.2, 0.25) is 0 Å². The second kappa shape index (κ2) is 7.52. The molecule has 2 unspecified atom stereocenters. The van der Waals surface area contributed by atoms with E-state index in [2.05, 4.69) is 22.8 Å². The Labute approximate surface area is 161 Å². The van der Waals surface area contributed by atoms with E-state index in [-0.39, 0.29) is 30.2 Å². The van der Waals surface area contributed by atoms with Crippen LogP contribution in [-0.2, 0) is 30.6 Å². The Bertz CT molecular complexity index is 853. The minimum atomic E-state index is -4.36. The van der Waals surface area contributed by atoms with Crippen molar-refractivity contribution in [2.45, 2.75) is 38.1 Å². The summed E-state index contributed by atoms with van der Waals surface area (Å²) in [5, 5.41) is 6.19. The molecule has 1 aliphatic carbocycles. The maximum absolute atomic E-state index is 12.8. The van der Waals surface area contributed by atoms with Gasteiger partial charge in [-0.05, 0) is 40.7 Å². The Morgan fingerprint density at radius 2 is 1.89 bits per heavy atom. The molecule has 7 heteroatoms. The van der Waals surface area contributed by atoms with Gasteiger partial charge in [-0.15, -0.1) is 12.4 Å². The zero-order valence-corrected chi connectivity index (χ0v) is 15.3. The number of benzene rings is 2. The number of halogens is 4. The third-order valence-electron chi connectivity index (χ3n) is 5.14. The van der Waals surface area contributed by atoms with Crippen LogP contribution in [0.15, 0.2) is 42.5 Å². The highest BCUT2D eigenvalue weighted by Crippen LogP contribution is 2.48. The van der Waals surface area contributed by atoms with Crippen LogP contribution >= 0.6 is 12.4 Å². The number of carbonyl (C=O) groups excluding carboxylic acids is 1. The van der Waals surface area contributed by atoms with Gasteiger partial charge in [0.15, 0.2) is 0 Å². The second-order valence-electron chi connectivity index (χ2n) is 7.00. The normalized spacial score (nSPS) is 20.6. The molecule has 2 aromatic rings. The molecule has 2 N–H and O–H groups in total. The largest absolute Gasteiger partial charge is 0.416 e. The first kappa shape index (κ1) is 19.7. The van der Waals surface area contributed by atoms with Gasteiger partial charge in [0.05, 0.1) is 5.56 Å². The molecule has 2 atom stereocenters. The monoisotopic (exact) mass is 396 g/mol. The Hall–Kier alpha value is -2.05. The van der Waals surface area contributed by atoms with Crippen LogP contribution in [0.1, 0.15) is 40.2 Å². The van der Waals surface area contributed by atoms with Crippen LogP contribution in [0.4, 0.5) is 13.2 Å². The summed E-state index contributed by atoms with van der Waals surface area (Å²) in [6, 6.07) is 11.5. The van der Waals surface area contributed by atoms with E-state index >= 15 is 0 Å². The highest BCUT2D eigenvalue weighted by molar-refractivity contribution is 5.85. The molecule has 2 aliphatic rings. The van der Waals surface area contributed by atoms with E-state index in [1.54, 1.807) is 6.07 Å². The Morgan fingerprint density at radius 3 is 2.67 bits per heavy atom. The topological polar surface area (TPSA) is 41.1 Å². The van der Waals surface area contributed by atoms with Crippen LogP contribution < -0.4 is 10.6 Å². The van der Waals surface area contributed by atoms with Crippen LogP contribution in [0.25, 0.3) is 0 Å². The van der Waals surface area contributed by atoms with Crippen molar-refractivity contribution < 1.29 is 18.0 Å². The zero-order valence-electron chi connectivity index (χ0n) is 14.5. The summed E-state index contributed by atoms with van der Waals surface area (Å²) >= 11 is 0.